The van der Waals surface area contributed by atoms with Gasteiger partial charge in [-0.2, -0.15) is 0 Å². The van der Waals surface area contributed by atoms with Crippen LogP contribution in [0.5, 0.6) is 17.2 Å². The number of pyridine rings is 1. The summed E-state index contributed by atoms with van der Waals surface area (Å²) in [5.74, 6) is -2.39. The molecule has 2 aliphatic rings. The van der Waals surface area contributed by atoms with Crippen molar-refractivity contribution in [2.75, 3.05) is 12.4 Å². The van der Waals surface area contributed by atoms with E-state index < -0.39 is 23.3 Å². The molecule has 43 heavy (non-hydrogen) atoms. The standard InChI is InChI=1S/C21H19ClN4O4.C6H8O4.2H3N.Pt/c1-29-19-10-17-13(9-14(19)20(23)27)18(6-7-24-17)30-12-4-5-16(15(22)8-12)26-21(28)25-11-2-3-11;7-4(8)6(5(9)10)2-1-3-6;;;/h4-11H,2-3H2,1H3,(H2,23,27)(H2,25,26,28);1-3H2,(H,7,8)(H,9,10);2*1H3;/q;;;;+2/p-2. The Morgan fingerprint density at radius 1 is 1.02 bits per heavy atom. The molecule has 5 rings (SSSR count). The minimum absolute atomic E-state index is 0. The average Bonchev–Trinajstić information content (AvgIpc) is 3.68. The molecule has 3 amide bonds. The maximum Gasteiger partial charge on any atom is 2.00 e. The third-order valence-electron chi connectivity index (χ3n) is 6.61. The van der Waals surface area contributed by atoms with Crippen LogP contribution in [-0.2, 0) is 30.7 Å². The number of aliphatic carboxylic acids is 2. The number of carboxylic acid groups (broad SMARTS) is 2. The van der Waals surface area contributed by atoms with Crippen LogP contribution in [0.1, 0.15) is 42.5 Å². The number of hydrogen-bond donors (Lipinski definition) is 5. The number of amides is 3. The van der Waals surface area contributed by atoms with Crippen molar-refractivity contribution in [1.29, 1.82) is 0 Å². The molecule has 2 aliphatic carbocycles. The van der Waals surface area contributed by atoms with Gasteiger partial charge in [-0.05, 0) is 49.9 Å². The largest absolute Gasteiger partial charge is 2.00 e. The van der Waals surface area contributed by atoms with Crippen molar-refractivity contribution in [2.45, 2.75) is 38.1 Å². The summed E-state index contributed by atoms with van der Waals surface area (Å²) < 4.78 is 11.2. The number of anilines is 1. The number of primary amides is 1. The van der Waals surface area contributed by atoms with Gasteiger partial charge < -0.3 is 57.9 Å². The molecule has 10 N–H and O–H groups in total. The first-order valence-corrected chi connectivity index (χ1v) is 12.7. The summed E-state index contributed by atoms with van der Waals surface area (Å²) in [5.41, 5.74) is 5.07. The van der Waals surface area contributed by atoms with E-state index in [4.69, 9.17) is 26.8 Å². The topological polar surface area (TPSA) is 266 Å². The van der Waals surface area contributed by atoms with Crippen molar-refractivity contribution in [3.63, 3.8) is 0 Å². The smallest absolute Gasteiger partial charge is 0.549 e. The maximum atomic E-state index is 11.9. The zero-order valence-electron chi connectivity index (χ0n) is 23.1. The Bertz CT molecular complexity index is 1480. The first kappa shape index (κ1) is 37.1. The SMILES string of the molecule is COc1cc2nccc(Oc3ccc(NC(=O)NC4CC4)c(Cl)c3)c2cc1C(N)=O.N.N.O=C([O-])C1(C(=O)[O-])CCC1.[Pt+2]. The molecule has 2 fully saturated rings. The number of rotatable bonds is 8. The fraction of sp³-hybridized carbons (Fsp3) is 0.296. The van der Waals surface area contributed by atoms with Gasteiger partial charge in [0.05, 0.1) is 40.8 Å². The van der Waals surface area contributed by atoms with E-state index in [1.165, 1.54) is 7.11 Å². The van der Waals surface area contributed by atoms with Crippen LogP contribution in [0, 0.1) is 5.41 Å². The molecule has 1 aromatic heterocycles. The summed E-state index contributed by atoms with van der Waals surface area (Å²) in [5, 5.41) is 26.9. The van der Waals surface area contributed by atoms with Gasteiger partial charge in [-0.15, -0.1) is 0 Å². The number of carboxylic acids is 2. The Balaban J connectivity index is 0.000000611. The van der Waals surface area contributed by atoms with E-state index in [1.807, 2.05) is 0 Å². The van der Waals surface area contributed by atoms with Gasteiger partial charge in [-0.1, -0.05) is 18.0 Å². The Labute approximate surface area is 266 Å². The molecule has 0 saturated heterocycles. The molecule has 0 radical (unpaired) electrons. The molecular weight excluding hydrogens is 767 g/mol. The summed E-state index contributed by atoms with van der Waals surface area (Å²) in [6.45, 7) is 0. The molecule has 3 aromatic rings. The van der Waals surface area contributed by atoms with Crippen LogP contribution >= 0.6 is 11.6 Å². The number of fused-ring (bicyclic) bond motifs is 1. The van der Waals surface area contributed by atoms with Crippen molar-refractivity contribution in [3.05, 3.63) is 53.2 Å². The Morgan fingerprint density at radius 3 is 2.14 bits per heavy atom. The van der Waals surface area contributed by atoms with Crippen molar-refractivity contribution in [2.24, 2.45) is 11.1 Å². The number of nitrogens with one attached hydrogen (secondary N) is 2. The Kier molecular flexibility index (Phi) is 13.3. The number of aromatic nitrogens is 1. The summed E-state index contributed by atoms with van der Waals surface area (Å²) >= 11 is 6.30. The van der Waals surface area contributed by atoms with Crippen molar-refractivity contribution < 1.29 is 59.9 Å². The number of benzene rings is 2. The quantitative estimate of drug-likeness (QED) is 0.206. The van der Waals surface area contributed by atoms with E-state index in [2.05, 4.69) is 15.6 Å². The third-order valence-corrected chi connectivity index (χ3v) is 6.92. The van der Waals surface area contributed by atoms with Gasteiger partial charge in [-0.25, -0.2) is 4.79 Å². The van der Waals surface area contributed by atoms with Crippen molar-refractivity contribution >= 4 is 52.1 Å². The van der Waals surface area contributed by atoms with Crippen molar-refractivity contribution in [3.8, 4) is 17.2 Å². The Morgan fingerprint density at radius 2 is 1.67 bits per heavy atom. The Hall–Kier alpha value is -3.97. The second-order valence-corrected chi connectivity index (χ2v) is 9.78. The van der Waals surface area contributed by atoms with Gasteiger partial charge in [0.1, 0.15) is 17.2 Å². The molecule has 2 aromatic carbocycles. The molecule has 1 heterocycles. The molecule has 234 valence electrons. The third kappa shape index (κ3) is 8.54. The van der Waals surface area contributed by atoms with Crippen LogP contribution in [0.25, 0.3) is 10.9 Å². The first-order chi connectivity index (χ1) is 19.0. The fourth-order valence-corrected chi connectivity index (χ4v) is 4.20. The number of urea groups is 1. The van der Waals surface area contributed by atoms with Crippen LogP contribution in [-0.4, -0.2) is 42.0 Å². The predicted octanol–water partition coefficient (Wildman–Crippen LogP) is 2.05. The molecule has 0 bridgehead atoms. The van der Waals surface area contributed by atoms with E-state index in [0.29, 0.717) is 45.3 Å². The molecular formula is C27H31ClN6O8Pt. The van der Waals surface area contributed by atoms with Gasteiger partial charge in [-0.3, -0.25) is 9.78 Å². The second-order valence-electron chi connectivity index (χ2n) is 9.37. The van der Waals surface area contributed by atoms with Gasteiger partial charge >= 0.3 is 27.1 Å². The number of carbonyl (C=O) groups is 4. The fourth-order valence-electron chi connectivity index (χ4n) is 3.98. The molecule has 14 nitrogen and oxygen atoms in total. The average molecular weight is 798 g/mol. The van der Waals surface area contributed by atoms with Crippen LogP contribution in [0.15, 0.2) is 42.6 Å². The first-order valence-electron chi connectivity index (χ1n) is 12.3. The zero-order chi connectivity index (χ0) is 29.0. The van der Waals surface area contributed by atoms with Gasteiger partial charge in [0.2, 0.25) is 0 Å². The summed E-state index contributed by atoms with van der Waals surface area (Å²) in [7, 11) is 1.45. The van der Waals surface area contributed by atoms with Gasteiger partial charge in [0, 0.05) is 35.2 Å². The molecule has 0 atom stereocenters. The zero-order valence-corrected chi connectivity index (χ0v) is 26.1. The molecule has 0 spiro atoms. The minimum Gasteiger partial charge on any atom is -0.549 e. The normalized spacial score (nSPS) is 14.0. The van der Waals surface area contributed by atoms with Crippen molar-refractivity contribution in [1.82, 2.24) is 22.6 Å². The van der Waals surface area contributed by atoms with E-state index in [-0.39, 0.29) is 63.8 Å². The summed E-state index contributed by atoms with van der Waals surface area (Å²) in [4.78, 5) is 48.4. The van der Waals surface area contributed by atoms with Crippen LogP contribution in [0.3, 0.4) is 0 Å². The van der Waals surface area contributed by atoms with E-state index in [0.717, 1.165) is 12.8 Å². The second kappa shape index (κ2) is 15.5. The number of carbonyl (C=O) groups excluding carboxylic acids is 4. The predicted molar refractivity (Wildman–Crippen MR) is 150 cm³/mol. The number of methoxy groups -OCH3 is 1. The summed E-state index contributed by atoms with van der Waals surface area (Å²) in [6.07, 6.45) is 4.51. The van der Waals surface area contributed by atoms with E-state index >= 15 is 0 Å². The summed E-state index contributed by atoms with van der Waals surface area (Å²) in [6, 6.07) is 9.77. The molecule has 0 unspecified atom stereocenters. The van der Waals surface area contributed by atoms with Gasteiger partial charge in [0.15, 0.2) is 0 Å². The van der Waals surface area contributed by atoms with Crippen LogP contribution in [0.2, 0.25) is 5.02 Å². The number of nitrogens with two attached hydrogens (primary N) is 1. The minimum atomic E-state index is -1.67. The maximum absolute atomic E-state index is 11.9. The number of nitrogens with zero attached hydrogens (tertiary/aromatic N) is 1. The molecule has 16 heteroatoms. The monoisotopic (exact) mass is 797 g/mol. The molecule has 2 saturated carbocycles. The molecule has 0 aliphatic heterocycles. The van der Waals surface area contributed by atoms with Crippen LogP contribution in [0.4, 0.5) is 10.5 Å². The van der Waals surface area contributed by atoms with Gasteiger partial charge in [0.25, 0.3) is 5.91 Å². The van der Waals surface area contributed by atoms with E-state index in [1.54, 1.807) is 42.6 Å². The number of ether oxygens (including phenoxy) is 2. The number of halogens is 1. The van der Waals surface area contributed by atoms with E-state index in [9.17, 15) is 29.4 Å². The number of hydrogen-bond acceptors (Lipinski definition) is 11. The van der Waals surface area contributed by atoms with Crippen LogP contribution < -0.4 is 48.4 Å².